The van der Waals surface area contributed by atoms with E-state index in [1.807, 2.05) is 11.3 Å². The van der Waals surface area contributed by atoms with Gasteiger partial charge >= 0.3 is 0 Å². The normalized spacial score (nSPS) is 11.6. The fourth-order valence-electron chi connectivity index (χ4n) is 3.85. The molecule has 0 fully saturated rings. The fourth-order valence-corrected chi connectivity index (χ4v) is 4.94. The number of aryl methyl sites for hydroxylation is 2. The van der Waals surface area contributed by atoms with E-state index < -0.39 is 0 Å². The number of hydrogen-bond acceptors (Lipinski definition) is 2. The second-order valence-corrected chi connectivity index (χ2v) is 8.44. The number of nitrogens with one attached hydrogen (secondary N) is 1. The molecular formula is C24H28N2S. The first kappa shape index (κ1) is 18.3. The third kappa shape index (κ3) is 3.80. The van der Waals surface area contributed by atoms with E-state index in [9.17, 15) is 0 Å². The first-order valence-corrected chi connectivity index (χ1v) is 10.9. The Morgan fingerprint density at radius 3 is 2.67 bits per heavy atom. The Balaban J connectivity index is 1.80. The van der Waals surface area contributed by atoms with Crippen LogP contribution in [0.4, 0.5) is 0 Å². The summed E-state index contributed by atoms with van der Waals surface area (Å²) >= 11 is 1.88. The Kier molecular flexibility index (Phi) is 5.61. The third-order valence-electron chi connectivity index (χ3n) is 5.34. The summed E-state index contributed by atoms with van der Waals surface area (Å²) in [6.07, 6.45) is 6.95. The summed E-state index contributed by atoms with van der Waals surface area (Å²) in [4.78, 5) is 5.07. The van der Waals surface area contributed by atoms with E-state index in [1.54, 1.807) is 0 Å². The lowest BCUT2D eigenvalue weighted by molar-refractivity contribution is 0.748. The van der Waals surface area contributed by atoms with Gasteiger partial charge in [-0.25, -0.2) is 0 Å². The van der Waals surface area contributed by atoms with Crippen LogP contribution in [0.5, 0.6) is 0 Å². The number of fused-ring (bicyclic) bond motifs is 2. The lowest BCUT2D eigenvalue weighted by atomic mass is 10.00. The highest BCUT2D eigenvalue weighted by molar-refractivity contribution is 7.22. The molecule has 0 amide bonds. The molecule has 2 nitrogen and oxygen atoms in total. The van der Waals surface area contributed by atoms with Crippen LogP contribution in [0.2, 0.25) is 0 Å². The monoisotopic (exact) mass is 376 g/mol. The molecule has 27 heavy (non-hydrogen) atoms. The van der Waals surface area contributed by atoms with Crippen molar-refractivity contribution in [2.24, 2.45) is 5.73 Å². The van der Waals surface area contributed by atoms with Crippen LogP contribution >= 0.6 is 11.3 Å². The second-order valence-electron chi connectivity index (χ2n) is 7.36. The molecule has 140 valence electrons. The fraction of sp³-hybridized carbons (Fsp3) is 0.333. The maximum absolute atomic E-state index is 5.75. The molecule has 2 aromatic carbocycles. The van der Waals surface area contributed by atoms with Gasteiger partial charge in [-0.1, -0.05) is 37.6 Å². The minimum absolute atomic E-state index is 0.766. The number of aromatic nitrogens is 1. The Labute approximate surface area is 165 Å². The number of hydrogen-bond donors (Lipinski definition) is 2. The van der Waals surface area contributed by atoms with Gasteiger partial charge in [0.25, 0.3) is 0 Å². The topological polar surface area (TPSA) is 41.8 Å². The number of benzene rings is 2. The molecule has 0 bridgehead atoms. The van der Waals surface area contributed by atoms with Crippen LogP contribution in [0.1, 0.15) is 43.7 Å². The van der Waals surface area contributed by atoms with Crippen LogP contribution in [0.15, 0.2) is 48.5 Å². The zero-order chi connectivity index (χ0) is 18.6. The van der Waals surface area contributed by atoms with Crippen molar-refractivity contribution in [2.75, 3.05) is 6.54 Å². The Hall–Kier alpha value is -2.10. The third-order valence-corrected chi connectivity index (χ3v) is 6.48. The lowest BCUT2D eigenvalue weighted by Gasteiger charge is -2.05. The highest BCUT2D eigenvalue weighted by Gasteiger charge is 2.15. The first-order chi connectivity index (χ1) is 13.3. The molecule has 3 heteroatoms. The van der Waals surface area contributed by atoms with Crippen LogP contribution in [-0.4, -0.2) is 11.5 Å². The average molecular weight is 377 g/mol. The van der Waals surface area contributed by atoms with Crippen molar-refractivity contribution in [1.82, 2.24) is 4.98 Å². The van der Waals surface area contributed by atoms with Gasteiger partial charge in [0.15, 0.2) is 0 Å². The van der Waals surface area contributed by atoms with Gasteiger partial charge < -0.3 is 10.7 Å². The molecule has 0 saturated carbocycles. The number of aromatic amines is 1. The molecule has 0 radical (unpaired) electrons. The Morgan fingerprint density at radius 1 is 0.963 bits per heavy atom. The molecule has 2 heterocycles. The van der Waals surface area contributed by atoms with Gasteiger partial charge in [0.2, 0.25) is 0 Å². The van der Waals surface area contributed by atoms with E-state index in [0.29, 0.717) is 0 Å². The number of nitrogens with two attached hydrogens (primary N) is 1. The first-order valence-electron chi connectivity index (χ1n) is 10.1. The van der Waals surface area contributed by atoms with Gasteiger partial charge in [0, 0.05) is 15.6 Å². The summed E-state index contributed by atoms with van der Waals surface area (Å²) in [5.41, 5.74) is 11.2. The summed E-state index contributed by atoms with van der Waals surface area (Å²) < 4.78 is 1.35. The number of H-pyrrole nitrogens is 1. The van der Waals surface area contributed by atoms with E-state index >= 15 is 0 Å². The zero-order valence-corrected chi connectivity index (χ0v) is 16.9. The van der Waals surface area contributed by atoms with Crippen LogP contribution in [-0.2, 0) is 12.8 Å². The molecule has 0 aliphatic carbocycles. The van der Waals surface area contributed by atoms with E-state index in [2.05, 4.69) is 60.4 Å². The van der Waals surface area contributed by atoms with Crippen molar-refractivity contribution in [3.63, 3.8) is 0 Å². The van der Waals surface area contributed by atoms with Crippen LogP contribution in [0, 0.1) is 0 Å². The summed E-state index contributed by atoms with van der Waals surface area (Å²) in [5.74, 6) is 0. The van der Waals surface area contributed by atoms with Crippen molar-refractivity contribution in [1.29, 1.82) is 0 Å². The SMILES string of the molecule is CCCCc1ccc2[nH]c(-c3cc4ccccc4s3)c(CCCCN)c2c1. The zero-order valence-electron chi connectivity index (χ0n) is 16.1. The number of unbranched alkanes of at least 4 members (excludes halogenated alkanes) is 2. The molecule has 0 aliphatic rings. The molecular weight excluding hydrogens is 348 g/mol. The van der Waals surface area contributed by atoms with Crippen LogP contribution in [0.3, 0.4) is 0 Å². The minimum Gasteiger partial charge on any atom is -0.354 e. The van der Waals surface area contributed by atoms with Gasteiger partial charge in [-0.2, -0.15) is 0 Å². The summed E-state index contributed by atoms with van der Waals surface area (Å²) in [5, 5.41) is 2.72. The van der Waals surface area contributed by atoms with E-state index in [4.69, 9.17) is 5.73 Å². The molecule has 4 aromatic rings. The molecule has 0 spiro atoms. The van der Waals surface area contributed by atoms with Crippen molar-refractivity contribution < 1.29 is 0 Å². The van der Waals surface area contributed by atoms with Gasteiger partial charge in [-0.15, -0.1) is 11.3 Å². The number of rotatable bonds is 8. The minimum atomic E-state index is 0.766. The summed E-state index contributed by atoms with van der Waals surface area (Å²) in [6, 6.07) is 17.9. The van der Waals surface area contributed by atoms with Gasteiger partial charge in [0.05, 0.1) is 10.6 Å². The molecule has 0 atom stereocenters. The smallest absolute Gasteiger partial charge is 0.0599 e. The van der Waals surface area contributed by atoms with Crippen LogP contribution < -0.4 is 5.73 Å². The second kappa shape index (κ2) is 8.28. The van der Waals surface area contributed by atoms with Gasteiger partial charge in [-0.3, -0.25) is 0 Å². The molecule has 0 aliphatic heterocycles. The standard InChI is InChI=1S/C24H28N2S/c1-2-3-8-17-12-13-21-20(15-17)19(10-6-7-14-25)24(26-21)23-16-18-9-4-5-11-22(18)27-23/h4-5,9,11-13,15-16,26H,2-3,6-8,10,14,25H2,1H3. The Bertz CT molecular complexity index is 1010. The lowest BCUT2D eigenvalue weighted by Crippen LogP contribution is -1.99. The maximum atomic E-state index is 5.75. The van der Waals surface area contributed by atoms with E-state index in [1.165, 1.54) is 55.5 Å². The Morgan fingerprint density at radius 2 is 1.85 bits per heavy atom. The molecule has 4 rings (SSSR count). The maximum Gasteiger partial charge on any atom is 0.0599 e. The van der Waals surface area contributed by atoms with E-state index in [0.717, 1.165) is 32.2 Å². The quantitative estimate of drug-likeness (QED) is 0.331. The summed E-state index contributed by atoms with van der Waals surface area (Å²) in [6.45, 7) is 3.02. The summed E-state index contributed by atoms with van der Waals surface area (Å²) in [7, 11) is 0. The molecule has 2 aromatic heterocycles. The molecule has 0 unspecified atom stereocenters. The van der Waals surface area contributed by atoms with Crippen LogP contribution in [0.25, 0.3) is 31.6 Å². The van der Waals surface area contributed by atoms with E-state index in [-0.39, 0.29) is 0 Å². The highest BCUT2D eigenvalue weighted by Crippen LogP contribution is 2.38. The number of thiophene rings is 1. The van der Waals surface area contributed by atoms with Gasteiger partial charge in [0.1, 0.15) is 0 Å². The van der Waals surface area contributed by atoms with Crippen molar-refractivity contribution in [3.8, 4) is 10.6 Å². The van der Waals surface area contributed by atoms with Crippen molar-refractivity contribution >= 4 is 32.3 Å². The predicted molar refractivity (Wildman–Crippen MR) is 120 cm³/mol. The van der Waals surface area contributed by atoms with Crippen molar-refractivity contribution in [2.45, 2.75) is 45.4 Å². The molecule has 0 saturated heterocycles. The van der Waals surface area contributed by atoms with Crippen molar-refractivity contribution in [3.05, 3.63) is 59.7 Å². The largest absolute Gasteiger partial charge is 0.354 e. The average Bonchev–Trinajstić information content (AvgIpc) is 3.27. The highest BCUT2D eigenvalue weighted by atomic mass is 32.1. The predicted octanol–water partition coefficient (Wildman–Crippen LogP) is 6.67. The van der Waals surface area contributed by atoms with Gasteiger partial charge in [-0.05, 0) is 79.4 Å². The molecule has 3 N–H and O–H groups in total.